The second kappa shape index (κ2) is 7.02. The van der Waals surface area contributed by atoms with Crippen LogP contribution in [0.4, 0.5) is 0 Å². The Hall–Kier alpha value is -0.410. The van der Waals surface area contributed by atoms with E-state index < -0.39 is 0 Å². The monoisotopic (exact) mass is 284 g/mol. The predicted octanol–water partition coefficient (Wildman–Crippen LogP) is 3.41. The van der Waals surface area contributed by atoms with Crippen molar-refractivity contribution in [3.8, 4) is 0 Å². The van der Waals surface area contributed by atoms with Gasteiger partial charge in [0, 0.05) is 22.9 Å². The Balaban J connectivity index is 2.35. The molecule has 0 saturated carbocycles. The average Bonchev–Trinajstić information content (AvgIpc) is 2.24. The molecule has 1 rings (SSSR count). The van der Waals surface area contributed by atoms with Crippen LogP contribution < -0.4 is 5.32 Å². The Labute approximate surface area is 107 Å². The number of nitrogens with one attached hydrogen (secondary N) is 1. The molecule has 0 amide bonds. The number of pyridine rings is 1. The summed E-state index contributed by atoms with van der Waals surface area (Å²) in [6.07, 6.45) is 7.32. The third-order valence-electron chi connectivity index (χ3n) is 2.92. The SMILES string of the molecule is CNC(CCCc1cncc(Br)c1)C(C)C. The van der Waals surface area contributed by atoms with Gasteiger partial charge in [-0.2, -0.15) is 0 Å². The maximum absolute atomic E-state index is 4.17. The van der Waals surface area contributed by atoms with Crippen LogP contribution in [0, 0.1) is 5.92 Å². The molecule has 16 heavy (non-hydrogen) atoms. The van der Waals surface area contributed by atoms with Crippen LogP contribution in [0.5, 0.6) is 0 Å². The van der Waals surface area contributed by atoms with E-state index >= 15 is 0 Å². The number of hydrogen-bond donors (Lipinski definition) is 1. The Bertz CT molecular complexity index is 313. The van der Waals surface area contributed by atoms with Gasteiger partial charge in [-0.3, -0.25) is 4.98 Å². The molecule has 90 valence electrons. The van der Waals surface area contributed by atoms with Gasteiger partial charge in [-0.1, -0.05) is 13.8 Å². The van der Waals surface area contributed by atoms with Crippen LogP contribution in [0.25, 0.3) is 0 Å². The summed E-state index contributed by atoms with van der Waals surface area (Å²) < 4.78 is 1.07. The lowest BCUT2D eigenvalue weighted by Crippen LogP contribution is -2.30. The standard InChI is InChI=1S/C13H21BrN2/c1-10(2)13(15-3)6-4-5-11-7-12(14)9-16-8-11/h7-10,13,15H,4-6H2,1-3H3. The van der Waals surface area contributed by atoms with Crippen molar-refractivity contribution in [2.75, 3.05) is 7.05 Å². The first-order valence-corrected chi connectivity index (χ1v) is 6.69. The van der Waals surface area contributed by atoms with Crippen molar-refractivity contribution in [3.63, 3.8) is 0 Å². The summed E-state index contributed by atoms with van der Waals surface area (Å²) in [7, 11) is 2.05. The van der Waals surface area contributed by atoms with Gasteiger partial charge in [-0.25, -0.2) is 0 Å². The molecule has 3 heteroatoms. The molecule has 1 aromatic rings. The molecule has 0 radical (unpaired) electrons. The maximum atomic E-state index is 4.17. The lowest BCUT2D eigenvalue weighted by molar-refractivity contribution is 0.393. The zero-order chi connectivity index (χ0) is 12.0. The van der Waals surface area contributed by atoms with Gasteiger partial charge in [0.2, 0.25) is 0 Å². The van der Waals surface area contributed by atoms with Crippen molar-refractivity contribution in [3.05, 3.63) is 28.5 Å². The van der Waals surface area contributed by atoms with Crippen LogP contribution in [-0.2, 0) is 6.42 Å². The summed E-state index contributed by atoms with van der Waals surface area (Å²) in [4.78, 5) is 4.17. The summed E-state index contributed by atoms with van der Waals surface area (Å²) in [5.41, 5.74) is 1.31. The molecule has 1 aromatic heterocycles. The molecule has 0 aromatic carbocycles. The van der Waals surface area contributed by atoms with Gasteiger partial charge in [0.05, 0.1) is 0 Å². The lowest BCUT2D eigenvalue weighted by Gasteiger charge is -2.19. The summed E-state index contributed by atoms with van der Waals surface area (Å²) in [5.74, 6) is 0.700. The highest BCUT2D eigenvalue weighted by Crippen LogP contribution is 2.14. The van der Waals surface area contributed by atoms with Crippen LogP contribution in [0.15, 0.2) is 22.9 Å². The Morgan fingerprint density at radius 3 is 2.69 bits per heavy atom. The van der Waals surface area contributed by atoms with E-state index in [0.717, 1.165) is 10.9 Å². The highest BCUT2D eigenvalue weighted by Gasteiger charge is 2.09. The number of hydrogen-bond acceptors (Lipinski definition) is 2. The predicted molar refractivity (Wildman–Crippen MR) is 72.6 cm³/mol. The Morgan fingerprint density at radius 2 is 2.12 bits per heavy atom. The largest absolute Gasteiger partial charge is 0.317 e. The van der Waals surface area contributed by atoms with E-state index in [1.165, 1.54) is 18.4 Å². The number of aryl methyl sites for hydroxylation is 1. The average molecular weight is 285 g/mol. The molecule has 1 N–H and O–H groups in total. The van der Waals surface area contributed by atoms with E-state index in [-0.39, 0.29) is 0 Å². The van der Waals surface area contributed by atoms with Gasteiger partial charge in [0.15, 0.2) is 0 Å². The first-order chi connectivity index (χ1) is 7.63. The van der Waals surface area contributed by atoms with Crippen LogP contribution in [0.1, 0.15) is 32.3 Å². The Kier molecular flexibility index (Phi) is 5.99. The molecule has 0 aliphatic rings. The van der Waals surface area contributed by atoms with Crippen molar-refractivity contribution < 1.29 is 0 Å². The van der Waals surface area contributed by atoms with Gasteiger partial charge >= 0.3 is 0 Å². The molecule has 0 bridgehead atoms. The first kappa shape index (κ1) is 13.7. The van der Waals surface area contributed by atoms with Gasteiger partial charge in [0.1, 0.15) is 0 Å². The molecule has 0 aliphatic carbocycles. The van der Waals surface area contributed by atoms with Crippen molar-refractivity contribution in [1.82, 2.24) is 10.3 Å². The molecule has 2 nitrogen and oxygen atoms in total. The second-order valence-corrected chi connectivity index (χ2v) is 5.46. The van der Waals surface area contributed by atoms with Gasteiger partial charge in [0.25, 0.3) is 0 Å². The van der Waals surface area contributed by atoms with Crippen LogP contribution >= 0.6 is 15.9 Å². The van der Waals surface area contributed by atoms with Crippen LogP contribution in [-0.4, -0.2) is 18.1 Å². The minimum absolute atomic E-state index is 0.625. The summed E-state index contributed by atoms with van der Waals surface area (Å²) in [6.45, 7) is 4.53. The van der Waals surface area contributed by atoms with Crippen molar-refractivity contribution in [2.45, 2.75) is 39.2 Å². The smallest absolute Gasteiger partial charge is 0.0410 e. The normalized spacial score (nSPS) is 13.1. The van der Waals surface area contributed by atoms with Crippen molar-refractivity contribution >= 4 is 15.9 Å². The summed E-state index contributed by atoms with van der Waals surface area (Å²) in [5, 5.41) is 3.37. The molecule has 0 aliphatic heterocycles. The highest BCUT2D eigenvalue weighted by molar-refractivity contribution is 9.10. The fraction of sp³-hybridized carbons (Fsp3) is 0.615. The van der Waals surface area contributed by atoms with Crippen molar-refractivity contribution in [2.24, 2.45) is 5.92 Å². The molecular weight excluding hydrogens is 264 g/mol. The zero-order valence-electron chi connectivity index (χ0n) is 10.3. The molecule has 0 saturated heterocycles. The van der Waals surface area contributed by atoms with Crippen LogP contribution in [0.3, 0.4) is 0 Å². The molecule has 0 fully saturated rings. The molecular formula is C13H21BrN2. The van der Waals surface area contributed by atoms with E-state index in [4.69, 9.17) is 0 Å². The first-order valence-electron chi connectivity index (χ1n) is 5.90. The number of nitrogens with zero attached hydrogens (tertiary/aromatic N) is 1. The maximum Gasteiger partial charge on any atom is 0.0410 e. The minimum Gasteiger partial charge on any atom is -0.317 e. The summed E-state index contributed by atoms with van der Waals surface area (Å²) >= 11 is 3.45. The third kappa shape index (κ3) is 4.62. The number of halogens is 1. The van der Waals surface area contributed by atoms with Gasteiger partial charge in [-0.05, 0) is 59.8 Å². The zero-order valence-corrected chi connectivity index (χ0v) is 11.9. The summed E-state index contributed by atoms with van der Waals surface area (Å²) in [6, 6.07) is 2.77. The second-order valence-electron chi connectivity index (χ2n) is 4.54. The van der Waals surface area contributed by atoms with E-state index in [9.17, 15) is 0 Å². The van der Waals surface area contributed by atoms with E-state index in [1.54, 1.807) is 0 Å². The lowest BCUT2D eigenvalue weighted by atomic mass is 9.97. The topological polar surface area (TPSA) is 24.9 Å². The molecule has 0 spiro atoms. The minimum atomic E-state index is 0.625. The number of aromatic nitrogens is 1. The van der Waals surface area contributed by atoms with Gasteiger partial charge < -0.3 is 5.32 Å². The third-order valence-corrected chi connectivity index (χ3v) is 3.35. The fourth-order valence-electron chi connectivity index (χ4n) is 1.93. The quantitative estimate of drug-likeness (QED) is 0.866. The molecule has 1 atom stereocenters. The van der Waals surface area contributed by atoms with Crippen molar-refractivity contribution in [1.29, 1.82) is 0 Å². The highest BCUT2D eigenvalue weighted by atomic mass is 79.9. The van der Waals surface area contributed by atoms with E-state index in [2.05, 4.69) is 46.1 Å². The molecule has 1 heterocycles. The van der Waals surface area contributed by atoms with E-state index in [1.807, 2.05) is 19.4 Å². The fourth-order valence-corrected chi connectivity index (χ4v) is 2.34. The van der Waals surface area contributed by atoms with E-state index in [0.29, 0.717) is 12.0 Å². The number of rotatable bonds is 6. The Morgan fingerprint density at radius 1 is 1.38 bits per heavy atom. The van der Waals surface area contributed by atoms with Crippen LogP contribution in [0.2, 0.25) is 0 Å². The van der Waals surface area contributed by atoms with Gasteiger partial charge in [-0.15, -0.1) is 0 Å². The molecule has 1 unspecified atom stereocenters.